The van der Waals surface area contributed by atoms with E-state index in [-0.39, 0.29) is 0 Å². The van der Waals surface area contributed by atoms with Gasteiger partial charge in [-0.15, -0.1) is 0 Å². The summed E-state index contributed by atoms with van der Waals surface area (Å²) in [6, 6.07) is 0. The van der Waals surface area contributed by atoms with E-state index in [1.807, 2.05) is 27.9 Å². The first-order valence-electron chi connectivity index (χ1n) is 3.97. The molecule has 0 spiro atoms. The topological polar surface area (TPSA) is 40.0 Å². The van der Waals surface area contributed by atoms with Gasteiger partial charge in [0.2, 0.25) is 0 Å². The first kappa shape index (κ1) is 10.9. The van der Waals surface area contributed by atoms with E-state index in [9.17, 15) is 0 Å². The molecule has 70 valence electrons. The van der Waals surface area contributed by atoms with Crippen LogP contribution in [-0.2, 0) is 0 Å². The average Bonchev–Trinajstić information content (AvgIpc) is 1.84. The molecule has 0 radical (unpaired) electrons. The maximum absolute atomic E-state index is 4.24. The molecule has 1 N–H and O–H groups in total. The molecule has 4 heteroatoms. The molecule has 0 fully saturated rings. The lowest BCUT2D eigenvalue weighted by atomic mass is 10.2. The van der Waals surface area contributed by atoms with Crippen molar-refractivity contribution in [1.82, 2.24) is 10.4 Å². The van der Waals surface area contributed by atoms with Gasteiger partial charge in [0.25, 0.3) is 0 Å². The summed E-state index contributed by atoms with van der Waals surface area (Å²) in [5, 5.41) is 10.1. The molecular weight excluding hydrogens is 152 g/mol. The highest BCUT2D eigenvalue weighted by molar-refractivity contribution is 6.02. The van der Waals surface area contributed by atoms with Gasteiger partial charge in [0, 0.05) is 39.0 Å². The fourth-order valence-corrected chi connectivity index (χ4v) is 0.977. The van der Waals surface area contributed by atoms with Crippen LogP contribution in [0.1, 0.15) is 20.3 Å². The van der Waals surface area contributed by atoms with Gasteiger partial charge >= 0.3 is 0 Å². The Labute approximate surface area is 74.3 Å². The lowest BCUT2D eigenvalue weighted by molar-refractivity contribution is 0.436. The fourth-order valence-electron chi connectivity index (χ4n) is 0.977. The number of hydrazone groups is 2. The summed E-state index contributed by atoms with van der Waals surface area (Å²) in [6.45, 7) is 3.97. The van der Waals surface area contributed by atoms with Crippen LogP contribution < -0.4 is 5.43 Å². The quantitative estimate of drug-likeness (QED) is 0.503. The van der Waals surface area contributed by atoms with Crippen molar-refractivity contribution in [3.63, 3.8) is 0 Å². The third-order valence-electron chi connectivity index (χ3n) is 1.19. The Kier molecular flexibility index (Phi) is 5.08. The lowest BCUT2D eigenvalue weighted by Crippen LogP contribution is -2.10. The third kappa shape index (κ3) is 5.70. The summed E-state index contributed by atoms with van der Waals surface area (Å²) >= 11 is 0. The molecule has 0 aromatic heterocycles. The molecule has 0 aliphatic heterocycles. The second-order valence-corrected chi connectivity index (χ2v) is 2.93. The maximum atomic E-state index is 4.24. The molecule has 0 unspecified atom stereocenters. The monoisotopic (exact) mass is 170 g/mol. The van der Waals surface area contributed by atoms with Crippen molar-refractivity contribution in [2.45, 2.75) is 20.3 Å². The van der Waals surface area contributed by atoms with E-state index in [1.54, 1.807) is 12.1 Å². The molecule has 0 amide bonds. The Balaban J connectivity index is 4.00. The van der Waals surface area contributed by atoms with Crippen LogP contribution in [0.3, 0.4) is 0 Å². The van der Waals surface area contributed by atoms with Crippen molar-refractivity contribution in [1.29, 1.82) is 0 Å². The zero-order valence-electron chi connectivity index (χ0n) is 8.55. The lowest BCUT2D eigenvalue weighted by Gasteiger charge is -2.06. The minimum absolute atomic E-state index is 0.818. The normalized spacial score (nSPS) is 13.1. The molecule has 0 aromatic rings. The highest BCUT2D eigenvalue weighted by Gasteiger charge is 1.95. The first-order chi connectivity index (χ1) is 5.56. The van der Waals surface area contributed by atoms with Gasteiger partial charge in [0.1, 0.15) is 0 Å². The molecule has 0 atom stereocenters. The summed E-state index contributed by atoms with van der Waals surface area (Å²) in [5.41, 5.74) is 4.85. The smallest absolute Gasteiger partial charge is 0.0406 e. The minimum Gasteiger partial charge on any atom is -0.313 e. The van der Waals surface area contributed by atoms with Crippen molar-refractivity contribution < 1.29 is 0 Å². The van der Waals surface area contributed by atoms with Crippen LogP contribution in [0.4, 0.5) is 0 Å². The van der Waals surface area contributed by atoms with E-state index >= 15 is 0 Å². The highest BCUT2D eigenvalue weighted by atomic mass is 15.4. The largest absolute Gasteiger partial charge is 0.313 e. The zero-order valence-corrected chi connectivity index (χ0v) is 8.55. The van der Waals surface area contributed by atoms with E-state index < -0.39 is 0 Å². The Bertz CT molecular complexity index is 181. The molecule has 0 bridgehead atoms. The average molecular weight is 170 g/mol. The molecule has 0 saturated carbocycles. The van der Waals surface area contributed by atoms with Crippen LogP contribution in [0.5, 0.6) is 0 Å². The molecule has 0 rings (SSSR count). The van der Waals surface area contributed by atoms with Gasteiger partial charge in [-0.2, -0.15) is 10.2 Å². The molecule has 4 nitrogen and oxygen atoms in total. The Hall–Kier alpha value is -1.06. The summed E-state index contributed by atoms with van der Waals surface area (Å²) in [4.78, 5) is 0. The Morgan fingerprint density at radius 1 is 1.25 bits per heavy atom. The number of rotatable bonds is 4. The molecule has 0 heterocycles. The predicted octanol–water partition coefficient (Wildman–Crippen LogP) is 0.909. The van der Waals surface area contributed by atoms with Gasteiger partial charge in [0.15, 0.2) is 0 Å². The summed E-state index contributed by atoms with van der Waals surface area (Å²) in [5.74, 6) is 0. The predicted molar refractivity (Wildman–Crippen MR) is 53.6 cm³/mol. The zero-order chi connectivity index (χ0) is 9.56. The molecule has 0 aromatic carbocycles. The van der Waals surface area contributed by atoms with E-state index in [1.165, 1.54) is 0 Å². The van der Waals surface area contributed by atoms with Crippen molar-refractivity contribution in [3.05, 3.63) is 0 Å². The minimum atomic E-state index is 0.818. The fraction of sp³-hybridized carbons (Fsp3) is 0.750. The molecule has 0 saturated heterocycles. The van der Waals surface area contributed by atoms with Crippen LogP contribution in [0.2, 0.25) is 0 Å². The second kappa shape index (κ2) is 5.57. The number of hydrogen-bond donors (Lipinski definition) is 1. The van der Waals surface area contributed by atoms with E-state index in [0.717, 1.165) is 17.8 Å². The summed E-state index contributed by atoms with van der Waals surface area (Å²) < 4.78 is 0. The van der Waals surface area contributed by atoms with Gasteiger partial charge in [-0.25, -0.2) is 0 Å². The molecule has 0 aliphatic rings. The van der Waals surface area contributed by atoms with Gasteiger partial charge in [-0.3, -0.25) is 0 Å². The van der Waals surface area contributed by atoms with Crippen LogP contribution in [0, 0.1) is 0 Å². The molecular formula is C8H18N4. The van der Waals surface area contributed by atoms with Crippen molar-refractivity contribution in [3.8, 4) is 0 Å². The van der Waals surface area contributed by atoms with Gasteiger partial charge in [-0.1, -0.05) is 0 Å². The van der Waals surface area contributed by atoms with E-state index in [0.29, 0.717) is 0 Å². The Morgan fingerprint density at radius 2 is 1.83 bits per heavy atom. The van der Waals surface area contributed by atoms with Crippen LogP contribution in [0.15, 0.2) is 10.2 Å². The number of nitrogens with zero attached hydrogens (tertiary/aromatic N) is 3. The summed E-state index contributed by atoms with van der Waals surface area (Å²) in [6.07, 6.45) is 0.818. The van der Waals surface area contributed by atoms with Crippen molar-refractivity contribution >= 4 is 11.4 Å². The van der Waals surface area contributed by atoms with Crippen molar-refractivity contribution in [2.75, 3.05) is 21.1 Å². The van der Waals surface area contributed by atoms with Crippen LogP contribution in [0.25, 0.3) is 0 Å². The second-order valence-electron chi connectivity index (χ2n) is 2.93. The summed E-state index contributed by atoms with van der Waals surface area (Å²) in [7, 11) is 5.62. The van der Waals surface area contributed by atoms with Crippen LogP contribution >= 0.6 is 0 Å². The third-order valence-corrected chi connectivity index (χ3v) is 1.19. The Morgan fingerprint density at radius 3 is 2.25 bits per heavy atom. The van der Waals surface area contributed by atoms with Gasteiger partial charge in [-0.05, 0) is 13.8 Å². The van der Waals surface area contributed by atoms with E-state index in [2.05, 4.69) is 15.6 Å². The molecule has 0 aliphatic carbocycles. The number of nitrogens with one attached hydrogen (secondary N) is 1. The highest BCUT2D eigenvalue weighted by Crippen LogP contribution is 1.91. The van der Waals surface area contributed by atoms with Crippen LogP contribution in [-0.4, -0.2) is 37.6 Å². The van der Waals surface area contributed by atoms with Crippen molar-refractivity contribution in [2.24, 2.45) is 10.2 Å². The van der Waals surface area contributed by atoms with E-state index in [4.69, 9.17) is 0 Å². The first-order valence-corrected chi connectivity index (χ1v) is 3.97. The SMILES string of the molecule is CN/N=C(/C)C/C(C)=N/N(C)C. The maximum Gasteiger partial charge on any atom is 0.0406 e. The number of hydrogen-bond acceptors (Lipinski definition) is 4. The van der Waals surface area contributed by atoms with Gasteiger partial charge in [0.05, 0.1) is 0 Å². The van der Waals surface area contributed by atoms with Gasteiger partial charge < -0.3 is 10.4 Å². The standard InChI is InChI=1S/C8H18N4/c1-7(10-9-3)6-8(2)11-12(4)5/h9H,6H2,1-5H3/b10-7-,11-8+. The molecule has 12 heavy (non-hydrogen) atoms.